The van der Waals surface area contributed by atoms with Crippen molar-refractivity contribution in [3.05, 3.63) is 76.9 Å². The van der Waals surface area contributed by atoms with E-state index >= 15 is 0 Å². The number of ketones is 1. The van der Waals surface area contributed by atoms with Crippen molar-refractivity contribution in [2.75, 3.05) is 21.3 Å². The van der Waals surface area contributed by atoms with Gasteiger partial charge in [0.2, 0.25) is 0 Å². The Labute approximate surface area is 181 Å². The van der Waals surface area contributed by atoms with Crippen LogP contribution in [0.2, 0.25) is 0 Å². The topological polar surface area (TPSA) is 94.1 Å². The van der Waals surface area contributed by atoms with Crippen LogP contribution in [0.1, 0.15) is 28.4 Å². The van der Waals surface area contributed by atoms with Crippen molar-refractivity contribution in [3.63, 3.8) is 0 Å². The molecule has 31 heavy (non-hydrogen) atoms. The van der Waals surface area contributed by atoms with E-state index in [1.807, 2.05) is 13.0 Å². The minimum Gasteiger partial charge on any atom is -0.496 e. The molecule has 0 aliphatic heterocycles. The molecule has 0 bridgehead atoms. The van der Waals surface area contributed by atoms with Crippen molar-refractivity contribution in [1.82, 2.24) is 5.48 Å². The Morgan fingerprint density at radius 2 is 1.61 bits per heavy atom. The molecule has 1 amide bonds. The van der Waals surface area contributed by atoms with Crippen LogP contribution in [0.5, 0.6) is 17.2 Å². The van der Waals surface area contributed by atoms with E-state index in [2.05, 4.69) is 0 Å². The zero-order valence-electron chi connectivity index (χ0n) is 17.8. The number of hydrogen-bond donors (Lipinski definition) is 2. The van der Waals surface area contributed by atoms with Gasteiger partial charge in [-0.15, -0.1) is 0 Å². The molecule has 7 nitrogen and oxygen atoms in total. The van der Waals surface area contributed by atoms with Gasteiger partial charge in [0.05, 0.1) is 26.9 Å². The number of hydrogen-bond acceptors (Lipinski definition) is 6. The summed E-state index contributed by atoms with van der Waals surface area (Å²) in [5.41, 5.74) is 4.09. The summed E-state index contributed by atoms with van der Waals surface area (Å²) in [6.07, 6.45) is 7.79. The molecule has 0 atom stereocenters. The van der Waals surface area contributed by atoms with Crippen molar-refractivity contribution >= 4 is 23.8 Å². The minimum absolute atomic E-state index is 0.183. The summed E-state index contributed by atoms with van der Waals surface area (Å²) >= 11 is 0. The molecule has 0 saturated carbocycles. The van der Waals surface area contributed by atoms with Crippen molar-refractivity contribution in [2.45, 2.75) is 6.92 Å². The Balaban J connectivity index is 2.25. The lowest BCUT2D eigenvalue weighted by Crippen LogP contribution is -2.14. The lowest BCUT2D eigenvalue weighted by Gasteiger charge is -2.12. The standard InChI is InChI=1S/C24H25NO6/c1-16(8-10-20-22(30-3)14-19(29-2)15-23(20)31-4)12-21(26)18-7-5-6-17(13-18)9-11-24(27)25-28/h5-15,28H,1-4H3,(H,25,27)/b10-8+,11-9+,16-12-. The number of rotatable bonds is 9. The van der Waals surface area contributed by atoms with Crippen molar-refractivity contribution in [2.24, 2.45) is 0 Å². The third kappa shape index (κ3) is 6.58. The van der Waals surface area contributed by atoms with E-state index < -0.39 is 5.91 Å². The smallest absolute Gasteiger partial charge is 0.267 e. The van der Waals surface area contributed by atoms with E-state index in [4.69, 9.17) is 19.4 Å². The molecule has 0 unspecified atom stereocenters. The van der Waals surface area contributed by atoms with Crippen LogP contribution in [-0.2, 0) is 4.79 Å². The lowest BCUT2D eigenvalue weighted by atomic mass is 10.0. The molecule has 7 heteroatoms. The number of ether oxygens (including phenoxy) is 3. The number of benzene rings is 2. The van der Waals surface area contributed by atoms with Crippen molar-refractivity contribution < 1.29 is 29.0 Å². The van der Waals surface area contributed by atoms with Gasteiger partial charge in [0.1, 0.15) is 17.2 Å². The minimum atomic E-state index is -0.651. The summed E-state index contributed by atoms with van der Waals surface area (Å²) in [7, 11) is 4.68. The van der Waals surface area contributed by atoms with Gasteiger partial charge in [-0.25, -0.2) is 5.48 Å². The monoisotopic (exact) mass is 423 g/mol. The Morgan fingerprint density at radius 1 is 0.935 bits per heavy atom. The summed E-state index contributed by atoms with van der Waals surface area (Å²) in [6.45, 7) is 1.81. The molecule has 0 aliphatic carbocycles. The maximum absolute atomic E-state index is 12.6. The molecule has 0 aromatic heterocycles. The van der Waals surface area contributed by atoms with Crippen LogP contribution in [0.4, 0.5) is 0 Å². The number of carbonyl (C=O) groups is 2. The molecule has 0 spiro atoms. The molecular formula is C24H25NO6. The fraction of sp³-hybridized carbons (Fsp3) is 0.167. The summed E-state index contributed by atoms with van der Waals surface area (Å²) in [5.74, 6) is 0.939. The largest absolute Gasteiger partial charge is 0.496 e. The van der Waals surface area contributed by atoms with Gasteiger partial charge in [-0.3, -0.25) is 14.8 Å². The van der Waals surface area contributed by atoms with Crippen molar-refractivity contribution in [1.29, 1.82) is 0 Å². The first-order valence-corrected chi connectivity index (χ1v) is 9.34. The fourth-order valence-electron chi connectivity index (χ4n) is 2.75. The molecule has 2 rings (SSSR count). The van der Waals surface area contributed by atoms with Crippen LogP contribution < -0.4 is 19.7 Å². The highest BCUT2D eigenvalue weighted by Crippen LogP contribution is 2.35. The van der Waals surface area contributed by atoms with Crippen molar-refractivity contribution in [3.8, 4) is 17.2 Å². The quantitative estimate of drug-likeness (QED) is 0.208. The Bertz CT molecular complexity index is 1010. The molecule has 0 fully saturated rings. The lowest BCUT2D eigenvalue weighted by molar-refractivity contribution is -0.124. The van der Waals surface area contributed by atoms with Gasteiger partial charge < -0.3 is 14.2 Å². The average Bonchev–Trinajstić information content (AvgIpc) is 2.80. The van der Waals surface area contributed by atoms with Gasteiger partial charge in [0.25, 0.3) is 5.91 Å². The van der Waals surface area contributed by atoms with Crippen LogP contribution in [0.3, 0.4) is 0 Å². The van der Waals surface area contributed by atoms with Crippen LogP contribution in [0.15, 0.2) is 60.2 Å². The summed E-state index contributed by atoms with van der Waals surface area (Å²) in [4.78, 5) is 23.7. The molecule has 162 valence electrons. The van der Waals surface area contributed by atoms with E-state index in [0.29, 0.717) is 28.4 Å². The zero-order chi connectivity index (χ0) is 22.8. The maximum atomic E-state index is 12.6. The fourth-order valence-corrected chi connectivity index (χ4v) is 2.75. The first-order chi connectivity index (χ1) is 14.9. The Hall–Kier alpha value is -3.84. The first kappa shape index (κ1) is 23.4. The van der Waals surface area contributed by atoms with Crippen LogP contribution >= 0.6 is 0 Å². The first-order valence-electron chi connectivity index (χ1n) is 9.34. The van der Waals surface area contributed by atoms with Crippen LogP contribution in [0.25, 0.3) is 12.2 Å². The predicted molar refractivity (Wildman–Crippen MR) is 119 cm³/mol. The van der Waals surface area contributed by atoms with Gasteiger partial charge in [0, 0.05) is 23.8 Å². The SMILES string of the molecule is COc1cc(OC)c(/C=C/C(C)=C\C(=O)c2cccc(/C=C/C(=O)NO)c2)c(OC)c1. The number of methoxy groups -OCH3 is 3. The molecule has 2 N–H and O–H groups in total. The van der Waals surface area contributed by atoms with Crippen LogP contribution in [0, 0.1) is 0 Å². The van der Waals surface area contributed by atoms with Gasteiger partial charge in [-0.2, -0.15) is 0 Å². The van der Waals surface area contributed by atoms with Gasteiger partial charge in [-0.05, 0) is 42.4 Å². The normalized spacial score (nSPS) is 11.6. The third-order valence-electron chi connectivity index (χ3n) is 4.33. The highest BCUT2D eigenvalue weighted by Gasteiger charge is 2.11. The number of nitrogens with one attached hydrogen (secondary N) is 1. The molecule has 2 aromatic rings. The summed E-state index contributed by atoms with van der Waals surface area (Å²) in [6, 6.07) is 10.3. The molecule has 0 radical (unpaired) electrons. The Kier molecular flexibility index (Phi) is 8.60. The second kappa shape index (κ2) is 11.4. The highest BCUT2D eigenvalue weighted by atomic mass is 16.5. The van der Waals surface area contributed by atoms with Gasteiger partial charge in [-0.1, -0.05) is 24.3 Å². The predicted octanol–water partition coefficient (Wildman–Crippen LogP) is 4.07. The number of carbonyl (C=O) groups excluding carboxylic acids is 2. The third-order valence-corrected chi connectivity index (χ3v) is 4.33. The molecular weight excluding hydrogens is 398 g/mol. The number of amides is 1. The second-order valence-electron chi connectivity index (χ2n) is 6.47. The highest BCUT2D eigenvalue weighted by molar-refractivity contribution is 6.05. The second-order valence-corrected chi connectivity index (χ2v) is 6.47. The summed E-state index contributed by atoms with van der Waals surface area (Å²) < 4.78 is 16.1. The average molecular weight is 423 g/mol. The zero-order valence-corrected chi connectivity index (χ0v) is 17.8. The van der Waals surface area contributed by atoms with Gasteiger partial charge in [0.15, 0.2) is 5.78 Å². The van der Waals surface area contributed by atoms with Crippen LogP contribution in [-0.4, -0.2) is 38.2 Å². The molecule has 0 heterocycles. The number of hydroxylamine groups is 1. The molecule has 0 aliphatic rings. The molecule has 0 saturated heterocycles. The van der Waals surface area contributed by atoms with E-state index in [1.54, 1.807) is 63.8 Å². The maximum Gasteiger partial charge on any atom is 0.267 e. The summed E-state index contributed by atoms with van der Waals surface area (Å²) in [5, 5.41) is 8.54. The van der Waals surface area contributed by atoms with E-state index in [9.17, 15) is 9.59 Å². The van der Waals surface area contributed by atoms with E-state index in [-0.39, 0.29) is 5.78 Å². The van der Waals surface area contributed by atoms with E-state index in [1.165, 1.54) is 23.7 Å². The van der Waals surface area contributed by atoms with E-state index in [0.717, 1.165) is 11.1 Å². The Morgan fingerprint density at radius 3 is 2.19 bits per heavy atom. The van der Waals surface area contributed by atoms with Gasteiger partial charge >= 0.3 is 0 Å². The number of allylic oxidation sites excluding steroid dienone is 3. The molecule has 2 aromatic carbocycles.